The lowest BCUT2D eigenvalue weighted by atomic mass is 10.2. The number of amides is 1. The van der Waals surface area contributed by atoms with Crippen molar-refractivity contribution in [2.24, 2.45) is 0 Å². The van der Waals surface area contributed by atoms with Crippen molar-refractivity contribution in [3.8, 4) is 0 Å². The van der Waals surface area contributed by atoms with Gasteiger partial charge in [0.05, 0.1) is 11.8 Å². The number of furan rings is 1. The van der Waals surface area contributed by atoms with Crippen molar-refractivity contribution >= 4 is 11.7 Å². The van der Waals surface area contributed by atoms with Crippen molar-refractivity contribution in [3.05, 3.63) is 35.4 Å². The van der Waals surface area contributed by atoms with Gasteiger partial charge in [-0.3, -0.25) is 9.89 Å². The van der Waals surface area contributed by atoms with Crippen LogP contribution in [0.25, 0.3) is 0 Å². The Labute approximate surface area is 86.5 Å². The number of aryl methyl sites for hydroxylation is 1. The van der Waals surface area contributed by atoms with Gasteiger partial charge in [0.2, 0.25) is 0 Å². The van der Waals surface area contributed by atoms with E-state index in [-0.39, 0.29) is 5.91 Å². The van der Waals surface area contributed by atoms with Crippen molar-refractivity contribution in [1.82, 2.24) is 10.2 Å². The normalized spacial score (nSPS) is 10.3. The number of nitrogens with one attached hydrogen (secondary N) is 2. The molecule has 0 fully saturated rings. The van der Waals surface area contributed by atoms with Crippen molar-refractivity contribution in [1.29, 1.82) is 0 Å². The van der Waals surface area contributed by atoms with Crippen LogP contribution in [0.1, 0.15) is 21.6 Å². The zero-order valence-corrected chi connectivity index (χ0v) is 8.50. The Bertz CT molecular complexity index is 471. The molecule has 78 valence electrons. The summed E-state index contributed by atoms with van der Waals surface area (Å²) in [4.78, 5) is 11.6. The molecule has 5 nitrogen and oxygen atoms in total. The monoisotopic (exact) mass is 205 g/mol. The quantitative estimate of drug-likeness (QED) is 0.786. The van der Waals surface area contributed by atoms with Gasteiger partial charge in [-0.15, -0.1) is 0 Å². The second-order valence-electron chi connectivity index (χ2n) is 3.29. The summed E-state index contributed by atoms with van der Waals surface area (Å²) in [5.74, 6) is 0.331. The van der Waals surface area contributed by atoms with Gasteiger partial charge in [-0.05, 0) is 19.9 Å². The molecule has 0 saturated heterocycles. The van der Waals surface area contributed by atoms with Gasteiger partial charge < -0.3 is 9.73 Å². The molecule has 0 spiro atoms. The summed E-state index contributed by atoms with van der Waals surface area (Å²) in [6.45, 7) is 3.79. The van der Waals surface area contributed by atoms with Gasteiger partial charge in [0.25, 0.3) is 5.91 Å². The minimum absolute atomic E-state index is 0.224. The highest BCUT2D eigenvalue weighted by atomic mass is 16.3. The maximum Gasteiger partial charge on any atom is 0.260 e. The number of aromatic amines is 1. The van der Waals surface area contributed by atoms with E-state index in [1.54, 1.807) is 6.07 Å². The smallest absolute Gasteiger partial charge is 0.260 e. The van der Waals surface area contributed by atoms with E-state index in [1.165, 1.54) is 12.5 Å². The molecule has 2 heterocycles. The Morgan fingerprint density at radius 3 is 2.87 bits per heavy atom. The molecule has 0 bridgehead atoms. The standard InChI is InChI=1S/C10H11N3O2/c1-6-7(2)12-13-9(6)11-10(14)8-3-4-15-5-8/h3-5H,1-2H3,(H2,11,12,13,14). The number of hydrogen-bond acceptors (Lipinski definition) is 3. The molecule has 5 heteroatoms. The molecule has 0 aromatic carbocycles. The van der Waals surface area contributed by atoms with Crippen LogP contribution in [0.15, 0.2) is 23.0 Å². The van der Waals surface area contributed by atoms with Crippen LogP contribution in [-0.2, 0) is 0 Å². The molecule has 2 N–H and O–H groups in total. The zero-order chi connectivity index (χ0) is 10.8. The summed E-state index contributed by atoms with van der Waals surface area (Å²) in [7, 11) is 0. The van der Waals surface area contributed by atoms with Crippen molar-refractivity contribution < 1.29 is 9.21 Å². The van der Waals surface area contributed by atoms with Crippen LogP contribution in [0.5, 0.6) is 0 Å². The molecular weight excluding hydrogens is 194 g/mol. The SMILES string of the molecule is Cc1[nH]nc(NC(=O)c2ccoc2)c1C. The van der Waals surface area contributed by atoms with Crippen molar-refractivity contribution in [2.45, 2.75) is 13.8 Å². The van der Waals surface area contributed by atoms with Crippen LogP contribution < -0.4 is 5.32 Å². The minimum Gasteiger partial charge on any atom is -0.472 e. The van der Waals surface area contributed by atoms with Crippen LogP contribution in [0.2, 0.25) is 0 Å². The van der Waals surface area contributed by atoms with Crippen molar-refractivity contribution in [3.63, 3.8) is 0 Å². The molecule has 0 aliphatic rings. The summed E-state index contributed by atoms with van der Waals surface area (Å²) in [5, 5.41) is 9.47. The van der Waals surface area contributed by atoms with E-state index in [0.717, 1.165) is 11.3 Å². The fourth-order valence-corrected chi connectivity index (χ4v) is 1.18. The molecule has 15 heavy (non-hydrogen) atoms. The first kappa shape index (κ1) is 9.51. The Hall–Kier alpha value is -2.04. The predicted molar refractivity (Wildman–Crippen MR) is 54.7 cm³/mol. The van der Waals surface area contributed by atoms with Gasteiger partial charge in [0.15, 0.2) is 5.82 Å². The number of rotatable bonds is 2. The largest absolute Gasteiger partial charge is 0.472 e. The van der Waals surface area contributed by atoms with E-state index < -0.39 is 0 Å². The lowest BCUT2D eigenvalue weighted by Crippen LogP contribution is -2.11. The predicted octanol–water partition coefficient (Wildman–Crippen LogP) is 1.87. The number of nitrogens with zero attached hydrogens (tertiary/aromatic N) is 1. The molecule has 0 saturated carbocycles. The minimum atomic E-state index is -0.224. The molecule has 2 aromatic rings. The Morgan fingerprint density at radius 1 is 1.53 bits per heavy atom. The van der Waals surface area contributed by atoms with Crippen LogP contribution in [0.4, 0.5) is 5.82 Å². The lowest BCUT2D eigenvalue weighted by Gasteiger charge is -1.99. The Balaban J connectivity index is 2.16. The van der Waals surface area contributed by atoms with Gasteiger partial charge >= 0.3 is 0 Å². The second kappa shape index (κ2) is 3.61. The van der Waals surface area contributed by atoms with Gasteiger partial charge in [-0.2, -0.15) is 5.10 Å². The van der Waals surface area contributed by atoms with Gasteiger partial charge in [0.1, 0.15) is 6.26 Å². The first-order chi connectivity index (χ1) is 7.18. The maximum absolute atomic E-state index is 11.6. The van der Waals surface area contributed by atoms with Crippen LogP contribution in [0, 0.1) is 13.8 Å². The first-order valence-electron chi connectivity index (χ1n) is 4.53. The van der Waals surface area contributed by atoms with Gasteiger partial charge in [-0.1, -0.05) is 0 Å². The van der Waals surface area contributed by atoms with E-state index in [4.69, 9.17) is 4.42 Å². The third-order valence-electron chi connectivity index (χ3n) is 2.27. The van der Waals surface area contributed by atoms with E-state index in [1.807, 2.05) is 13.8 Å². The average molecular weight is 205 g/mol. The first-order valence-corrected chi connectivity index (χ1v) is 4.53. The van der Waals surface area contributed by atoms with Crippen molar-refractivity contribution in [2.75, 3.05) is 5.32 Å². The van der Waals surface area contributed by atoms with E-state index in [2.05, 4.69) is 15.5 Å². The average Bonchev–Trinajstić information content (AvgIpc) is 2.83. The lowest BCUT2D eigenvalue weighted by molar-refractivity contribution is 0.102. The third-order valence-corrected chi connectivity index (χ3v) is 2.27. The number of carbonyl (C=O) groups excluding carboxylic acids is 1. The van der Waals surface area contributed by atoms with E-state index >= 15 is 0 Å². The second-order valence-corrected chi connectivity index (χ2v) is 3.29. The highest BCUT2D eigenvalue weighted by Gasteiger charge is 2.11. The van der Waals surface area contributed by atoms with E-state index in [9.17, 15) is 4.79 Å². The summed E-state index contributed by atoms with van der Waals surface area (Å²) in [6.07, 6.45) is 2.85. The third kappa shape index (κ3) is 1.76. The summed E-state index contributed by atoms with van der Waals surface area (Å²) < 4.78 is 4.82. The molecule has 0 radical (unpaired) electrons. The highest BCUT2D eigenvalue weighted by Crippen LogP contribution is 2.14. The fourth-order valence-electron chi connectivity index (χ4n) is 1.18. The number of anilines is 1. The molecule has 2 rings (SSSR count). The van der Waals surface area contributed by atoms with Crippen LogP contribution >= 0.6 is 0 Å². The highest BCUT2D eigenvalue weighted by molar-refractivity contribution is 6.03. The topological polar surface area (TPSA) is 70.9 Å². The maximum atomic E-state index is 11.6. The zero-order valence-electron chi connectivity index (χ0n) is 8.50. The number of carbonyl (C=O) groups is 1. The molecule has 0 aliphatic carbocycles. The van der Waals surface area contributed by atoms with E-state index in [0.29, 0.717) is 11.4 Å². The number of aromatic nitrogens is 2. The summed E-state index contributed by atoms with van der Waals surface area (Å²) in [5.41, 5.74) is 2.36. The Kier molecular flexibility index (Phi) is 2.29. The number of hydrogen-bond donors (Lipinski definition) is 2. The van der Waals surface area contributed by atoms with Gasteiger partial charge in [-0.25, -0.2) is 0 Å². The molecular formula is C10H11N3O2. The number of H-pyrrole nitrogens is 1. The Morgan fingerprint density at radius 2 is 2.33 bits per heavy atom. The molecule has 0 unspecified atom stereocenters. The van der Waals surface area contributed by atoms with Crippen LogP contribution in [0.3, 0.4) is 0 Å². The summed E-state index contributed by atoms with van der Waals surface area (Å²) in [6, 6.07) is 1.60. The molecule has 2 aromatic heterocycles. The fraction of sp³-hybridized carbons (Fsp3) is 0.200. The van der Waals surface area contributed by atoms with Crippen LogP contribution in [-0.4, -0.2) is 16.1 Å². The molecule has 0 aliphatic heterocycles. The molecule has 0 atom stereocenters. The molecule has 1 amide bonds. The van der Waals surface area contributed by atoms with Gasteiger partial charge in [0, 0.05) is 11.3 Å². The summed E-state index contributed by atoms with van der Waals surface area (Å²) >= 11 is 0.